The summed E-state index contributed by atoms with van der Waals surface area (Å²) in [4.78, 5) is 1.05. The van der Waals surface area contributed by atoms with Crippen LogP contribution in [0.15, 0.2) is 53.9 Å². The van der Waals surface area contributed by atoms with E-state index in [0.29, 0.717) is 18.4 Å². The molecule has 0 saturated carbocycles. The lowest BCUT2D eigenvalue weighted by molar-refractivity contribution is -0.237. The second-order valence-corrected chi connectivity index (χ2v) is 8.57. The van der Waals surface area contributed by atoms with Gasteiger partial charge in [-0.25, -0.2) is 4.39 Å². The van der Waals surface area contributed by atoms with Gasteiger partial charge in [0.05, 0.1) is 12.7 Å². The van der Waals surface area contributed by atoms with Gasteiger partial charge in [0.1, 0.15) is 30.2 Å². The number of rotatable bonds is 4. The van der Waals surface area contributed by atoms with Crippen LogP contribution in [0.2, 0.25) is 0 Å². The Morgan fingerprint density at radius 3 is 2.64 bits per heavy atom. The molecule has 1 saturated heterocycles. The Kier molecular flexibility index (Phi) is 5.64. The number of benzene rings is 1. The number of hydrogen-bond donors (Lipinski definition) is 4. The molecule has 4 rings (SSSR count). The molecule has 2 heterocycles. The van der Waals surface area contributed by atoms with Crippen molar-refractivity contribution in [2.75, 3.05) is 6.61 Å². The topological polar surface area (TPSA) is 90.2 Å². The molecule has 1 aromatic heterocycles. The molecule has 1 fully saturated rings. The largest absolute Gasteiger partial charge is 0.394 e. The number of halogens is 1. The van der Waals surface area contributed by atoms with Gasteiger partial charge in [-0.1, -0.05) is 24.3 Å². The summed E-state index contributed by atoms with van der Waals surface area (Å²) < 4.78 is 21.3. The van der Waals surface area contributed by atoms with E-state index in [2.05, 4.69) is 6.07 Å². The lowest BCUT2D eigenvalue weighted by atomic mass is 9.81. The molecular weight excluding hydrogens is 383 g/mol. The van der Waals surface area contributed by atoms with Gasteiger partial charge >= 0.3 is 0 Å². The first-order valence-corrected chi connectivity index (χ1v) is 10.1. The highest BCUT2D eigenvalue weighted by molar-refractivity contribution is 7.19. The molecule has 6 atom stereocenters. The molecule has 1 aromatic carbocycles. The number of ether oxygens (including phenoxy) is 1. The quantitative estimate of drug-likeness (QED) is 0.624. The van der Waals surface area contributed by atoms with Crippen LogP contribution in [0.25, 0.3) is 10.1 Å². The van der Waals surface area contributed by atoms with Crippen molar-refractivity contribution in [2.24, 2.45) is 5.92 Å². The number of fused-ring (bicyclic) bond motifs is 1. The molecule has 0 radical (unpaired) electrons. The van der Waals surface area contributed by atoms with Gasteiger partial charge in [-0.15, -0.1) is 11.3 Å². The predicted octanol–water partition coefficient (Wildman–Crippen LogP) is 2.09. The second-order valence-electron chi connectivity index (χ2n) is 7.40. The maximum atomic E-state index is 14.5. The molecule has 28 heavy (non-hydrogen) atoms. The van der Waals surface area contributed by atoms with Crippen LogP contribution in [0.3, 0.4) is 0 Å². The lowest BCUT2D eigenvalue weighted by Crippen LogP contribution is -2.60. The SMILES string of the molecule is OC[C@H]1O[C@@H](C2C=CC(F)=C(Cc3cc4ccccc4s3)C2)[C@H](O)[C@@H](O)[C@@H]1O. The molecule has 7 heteroatoms. The molecule has 1 unspecified atom stereocenters. The number of allylic oxidation sites excluding steroid dienone is 3. The third-order valence-corrected chi connectivity index (χ3v) is 6.64. The minimum atomic E-state index is -1.42. The van der Waals surface area contributed by atoms with Gasteiger partial charge in [0.15, 0.2) is 0 Å². The average molecular weight is 406 g/mol. The van der Waals surface area contributed by atoms with Crippen molar-refractivity contribution in [2.45, 2.75) is 43.4 Å². The third-order valence-electron chi connectivity index (χ3n) is 5.52. The molecule has 0 spiro atoms. The van der Waals surface area contributed by atoms with Crippen LogP contribution in [0.1, 0.15) is 11.3 Å². The second kappa shape index (κ2) is 8.02. The zero-order valence-corrected chi connectivity index (χ0v) is 15.9. The predicted molar refractivity (Wildman–Crippen MR) is 105 cm³/mol. The highest BCUT2D eigenvalue weighted by Gasteiger charge is 2.46. The normalized spacial score (nSPS) is 33.6. The Hall–Kier alpha value is -1.61. The van der Waals surface area contributed by atoms with Gasteiger partial charge in [0.25, 0.3) is 0 Å². The fraction of sp³-hybridized carbons (Fsp3) is 0.429. The minimum Gasteiger partial charge on any atom is -0.394 e. The van der Waals surface area contributed by atoms with Gasteiger partial charge in [0.2, 0.25) is 0 Å². The van der Waals surface area contributed by atoms with Gasteiger partial charge in [-0.2, -0.15) is 0 Å². The molecule has 150 valence electrons. The van der Waals surface area contributed by atoms with E-state index in [1.165, 1.54) is 6.08 Å². The van der Waals surface area contributed by atoms with Crippen LogP contribution in [-0.2, 0) is 11.2 Å². The van der Waals surface area contributed by atoms with E-state index in [9.17, 15) is 24.8 Å². The Morgan fingerprint density at radius 1 is 1.11 bits per heavy atom. The summed E-state index contributed by atoms with van der Waals surface area (Å²) in [6.45, 7) is -0.475. The van der Waals surface area contributed by atoms with Crippen molar-refractivity contribution in [3.8, 4) is 0 Å². The van der Waals surface area contributed by atoms with Gasteiger partial charge < -0.3 is 25.2 Å². The third kappa shape index (κ3) is 3.66. The Morgan fingerprint density at radius 2 is 1.89 bits per heavy atom. The molecule has 1 aliphatic heterocycles. The van der Waals surface area contributed by atoms with Crippen LogP contribution in [0.5, 0.6) is 0 Å². The Labute approximate surface area is 166 Å². The number of aliphatic hydroxyl groups is 4. The number of aliphatic hydroxyl groups excluding tert-OH is 4. The molecule has 5 nitrogen and oxygen atoms in total. The summed E-state index contributed by atoms with van der Waals surface area (Å²) in [6, 6.07) is 10.1. The summed E-state index contributed by atoms with van der Waals surface area (Å²) in [5.41, 5.74) is 0.607. The van der Waals surface area contributed by atoms with Crippen LogP contribution in [-0.4, -0.2) is 57.6 Å². The Bertz CT molecular complexity index is 872. The van der Waals surface area contributed by atoms with E-state index >= 15 is 0 Å². The first-order chi connectivity index (χ1) is 13.5. The van der Waals surface area contributed by atoms with Gasteiger partial charge in [-0.3, -0.25) is 0 Å². The summed E-state index contributed by atoms with van der Waals surface area (Å²) in [7, 11) is 0. The molecule has 2 aromatic rings. The minimum absolute atomic E-state index is 0.293. The van der Waals surface area contributed by atoms with Crippen LogP contribution in [0, 0.1) is 5.92 Å². The molecule has 2 aliphatic rings. The van der Waals surface area contributed by atoms with Gasteiger partial charge in [-0.05, 0) is 35.6 Å². The van der Waals surface area contributed by atoms with Crippen LogP contribution < -0.4 is 0 Å². The van der Waals surface area contributed by atoms with Crippen molar-refractivity contribution < 1.29 is 29.6 Å². The maximum absolute atomic E-state index is 14.5. The average Bonchev–Trinajstić information content (AvgIpc) is 3.11. The lowest BCUT2D eigenvalue weighted by Gasteiger charge is -2.43. The standard InChI is InChI=1S/C21H23FO5S/c22-15-6-5-12(21-20(26)19(25)18(24)16(10-23)27-21)7-13(15)9-14-8-11-3-1-2-4-17(11)28-14/h1-6,8,12,16,18-21,23-26H,7,9-10H2/t12?,16-,18-,19+,20-,21+/m1/s1. The zero-order valence-electron chi connectivity index (χ0n) is 15.1. The van der Waals surface area contributed by atoms with Crippen molar-refractivity contribution >= 4 is 21.4 Å². The monoisotopic (exact) mass is 406 g/mol. The van der Waals surface area contributed by atoms with E-state index < -0.39 is 37.1 Å². The van der Waals surface area contributed by atoms with Crippen molar-refractivity contribution in [3.63, 3.8) is 0 Å². The first-order valence-electron chi connectivity index (χ1n) is 9.31. The van der Waals surface area contributed by atoms with Crippen LogP contribution >= 0.6 is 11.3 Å². The molecule has 1 aliphatic carbocycles. The summed E-state index contributed by atoms with van der Waals surface area (Å²) in [6.07, 6.45) is -2.15. The molecular formula is C21H23FO5S. The first kappa shape index (κ1) is 19.7. The molecule has 0 amide bonds. The van der Waals surface area contributed by atoms with E-state index in [1.54, 1.807) is 17.4 Å². The summed E-state index contributed by atoms with van der Waals surface area (Å²) in [5, 5.41) is 40.8. The fourth-order valence-corrected chi connectivity index (χ4v) is 5.08. The zero-order chi connectivity index (χ0) is 19.8. The highest BCUT2D eigenvalue weighted by Crippen LogP contribution is 2.36. The smallest absolute Gasteiger partial charge is 0.122 e. The molecule has 0 bridgehead atoms. The summed E-state index contributed by atoms with van der Waals surface area (Å²) >= 11 is 1.62. The van der Waals surface area contributed by atoms with E-state index in [4.69, 9.17) is 4.74 Å². The maximum Gasteiger partial charge on any atom is 0.122 e. The van der Waals surface area contributed by atoms with E-state index in [-0.39, 0.29) is 11.7 Å². The fourth-order valence-electron chi connectivity index (χ4n) is 3.98. The van der Waals surface area contributed by atoms with Crippen molar-refractivity contribution in [3.05, 3.63) is 58.8 Å². The Balaban J connectivity index is 1.52. The van der Waals surface area contributed by atoms with E-state index in [1.807, 2.05) is 24.3 Å². The van der Waals surface area contributed by atoms with Gasteiger partial charge in [0, 0.05) is 21.9 Å². The molecule has 4 N–H and O–H groups in total. The van der Waals surface area contributed by atoms with Crippen molar-refractivity contribution in [1.82, 2.24) is 0 Å². The highest BCUT2D eigenvalue weighted by atomic mass is 32.1. The van der Waals surface area contributed by atoms with Crippen molar-refractivity contribution in [1.29, 1.82) is 0 Å². The van der Waals surface area contributed by atoms with Crippen LogP contribution in [0.4, 0.5) is 4.39 Å². The van der Waals surface area contributed by atoms with E-state index in [0.717, 1.165) is 15.0 Å². The number of thiophene rings is 1. The number of hydrogen-bond acceptors (Lipinski definition) is 6. The summed E-state index contributed by atoms with van der Waals surface area (Å²) in [5.74, 6) is -0.659.